The van der Waals surface area contributed by atoms with Crippen LogP contribution in [0.15, 0.2) is 78.9 Å². The lowest BCUT2D eigenvalue weighted by Gasteiger charge is -2.18. The maximum Gasteiger partial charge on any atom is 0.227 e. The fourth-order valence-corrected chi connectivity index (χ4v) is 4.55. The van der Waals surface area contributed by atoms with E-state index in [0.717, 1.165) is 35.5 Å². The van der Waals surface area contributed by atoms with Gasteiger partial charge in [-0.05, 0) is 36.2 Å². The second kappa shape index (κ2) is 7.96. The molecule has 1 fully saturated rings. The molecule has 3 aromatic carbocycles. The minimum Gasteiger partial charge on any atom is -0.327 e. The molecule has 2 heterocycles. The quantitative estimate of drug-likeness (QED) is 0.434. The van der Waals surface area contributed by atoms with E-state index in [9.17, 15) is 4.79 Å². The third kappa shape index (κ3) is 3.48. The maximum atomic E-state index is 12.8. The van der Waals surface area contributed by atoms with Crippen LogP contribution in [0.25, 0.3) is 11.0 Å². The van der Waals surface area contributed by atoms with Crippen LogP contribution in [-0.2, 0) is 17.8 Å². The van der Waals surface area contributed by atoms with E-state index in [-0.39, 0.29) is 11.8 Å². The first-order valence-electron chi connectivity index (χ1n) is 10.2. The number of rotatable bonds is 5. The van der Waals surface area contributed by atoms with Gasteiger partial charge in [-0.3, -0.25) is 4.79 Å². The minimum atomic E-state index is 0.0388. The topological polar surface area (TPSA) is 38.1 Å². The molecular weight excluding hydrogens is 394 g/mol. The van der Waals surface area contributed by atoms with E-state index in [1.807, 2.05) is 48.5 Å². The van der Waals surface area contributed by atoms with Crippen molar-refractivity contribution in [3.05, 3.63) is 95.3 Å². The molecule has 0 unspecified atom stereocenters. The van der Waals surface area contributed by atoms with Crippen molar-refractivity contribution >= 4 is 34.2 Å². The molecule has 1 amide bonds. The Morgan fingerprint density at radius 2 is 1.67 bits per heavy atom. The number of anilines is 1. The van der Waals surface area contributed by atoms with Crippen molar-refractivity contribution in [2.24, 2.45) is 0 Å². The fraction of sp³-hybridized carbons (Fsp3) is 0.200. The molecule has 4 nitrogen and oxygen atoms in total. The zero-order valence-electron chi connectivity index (χ0n) is 16.5. The minimum absolute atomic E-state index is 0.0388. The SMILES string of the molecule is O=C1C[C@H](c2nc3ccccc3n2CCc2ccccc2)CN1c1ccccc1Cl. The number of aryl methyl sites for hydroxylation is 2. The number of carbonyl (C=O) groups excluding carboxylic acids is 1. The Morgan fingerprint density at radius 3 is 2.50 bits per heavy atom. The molecule has 1 atom stereocenters. The fourth-order valence-electron chi connectivity index (χ4n) is 4.31. The monoisotopic (exact) mass is 415 g/mol. The Kier molecular flexibility index (Phi) is 5.01. The van der Waals surface area contributed by atoms with Gasteiger partial charge in [-0.1, -0.05) is 66.2 Å². The summed E-state index contributed by atoms with van der Waals surface area (Å²) in [6, 6.07) is 26.2. The Labute approximate surface area is 180 Å². The molecule has 4 aromatic rings. The van der Waals surface area contributed by atoms with Gasteiger partial charge in [-0.2, -0.15) is 0 Å². The summed E-state index contributed by atoms with van der Waals surface area (Å²) in [7, 11) is 0. The van der Waals surface area contributed by atoms with Crippen molar-refractivity contribution in [1.82, 2.24) is 9.55 Å². The Hall–Kier alpha value is -3.11. The predicted molar refractivity (Wildman–Crippen MR) is 121 cm³/mol. The molecule has 1 saturated heterocycles. The molecule has 1 aromatic heterocycles. The predicted octanol–water partition coefficient (Wildman–Crippen LogP) is 5.45. The van der Waals surface area contributed by atoms with Crippen LogP contribution in [0.5, 0.6) is 0 Å². The number of halogens is 1. The average Bonchev–Trinajstić information content (AvgIpc) is 3.34. The largest absolute Gasteiger partial charge is 0.327 e. The standard InChI is InChI=1S/C25H22ClN3O/c26-20-10-4-6-12-22(20)29-17-19(16-24(29)30)25-27-21-11-5-7-13-23(21)28(25)15-14-18-8-2-1-3-9-18/h1-13,19H,14-17H2/t19-/m0/s1. The molecule has 1 aliphatic rings. The van der Waals surface area contributed by atoms with E-state index in [1.54, 1.807) is 4.90 Å². The summed E-state index contributed by atoms with van der Waals surface area (Å²) >= 11 is 6.36. The molecule has 0 saturated carbocycles. The van der Waals surface area contributed by atoms with Crippen molar-refractivity contribution in [3.8, 4) is 0 Å². The first-order valence-corrected chi connectivity index (χ1v) is 10.6. The van der Waals surface area contributed by atoms with Gasteiger partial charge in [0.05, 0.1) is 21.7 Å². The zero-order valence-corrected chi connectivity index (χ0v) is 17.3. The van der Waals surface area contributed by atoms with Crippen molar-refractivity contribution in [1.29, 1.82) is 0 Å². The third-order valence-electron chi connectivity index (χ3n) is 5.78. The zero-order chi connectivity index (χ0) is 20.5. The summed E-state index contributed by atoms with van der Waals surface area (Å²) in [6.07, 6.45) is 1.36. The molecule has 0 N–H and O–H groups in total. The molecule has 5 heteroatoms. The van der Waals surface area contributed by atoms with Crippen LogP contribution in [0.2, 0.25) is 5.02 Å². The first-order chi connectivity index (χ1) is 14.7. The number of aromatic nitrogens is 2. The molecule has 1 aliphatic heterocycles. The second-order valence-electron chi connectivity index (χ2n) is 7.70. The maximum absolute atomic E-state index is 12.8. The van der Waals surface area contributed by atoms with Crippen LogP contribution in [-0.4, -0.2) is 22.0 Å². The number of carbonyl (C=O) groups is 1. The average molecular weight is 416 g/mol. The van der Waals surface area contributed by atoms with Gasteiger partial charge in [0.15, 0.2) is 0 Å². The number of hydrogen-bond donors (Lipinski definition) is 0. The van der Waals surface area contributed by atoms with Crippen LogP contribution in [0, 0.1) is 0 Å². The summed E-state index contributed by atoms with van der Waals surface area (Å²) in [6.45, 7) is 1.42. The molecule has 30 heavy (non-hydrogen) atoms. The van der Waals surface area contributed by atoms with Gasteiger partial charge in [0, 0.05) is 25.4 Å². The Bertz CT molecular complexity index is 1200. The van der Waals surface area contributed by atoms with E-state index in [2.05, 4.69) is 34.9 Å². The molecule has 0 aliphatic carbocycles. The summed E-state index contributed by atoms with van der Waals surface area (Å²) < 4.78 is 2.29. The van der Waals surface area contributed by atoms with Crippen molar-refractivity contribution in [3.63, 3.8) is 0 Å². The van der Waals surface area contributed by atoms with Crippen LogP contribution in [0.1, 0.15) is 23.7 Å². The van der Waals surface area contributed by atoms with Crippen molar-refractivity contribution < 1.29 is 4.79 Å². The van der Waals surface area contributed by atoms with Crippen LogP contribution in [0.4, 0.5) is 5.69 Å². The van der Waals surface area contributed by atoms with E-state index < -0.39 is 0 Å². The van der Waals surface area contributed by atoms with E-state index in [0.29, 0.717) is 18.0 Å². The van der Waals surface area contributed by atoms with Crippen LogP contribution in [0.3, 0.4) is 0 Å². The lowest BCUT2D eigenvalue weighted by molar-refractivity contribution is -0.117. The smallest absolute Gasteiger partial charge is 0.227 e. The highest BCUT2D eigenvalue weighted by molar-refractivity contribution is 6.33. The Balaban J connectivity index is 1.48. The van der Waals surface area contributed by atoms with Crippen LogP contribution >= 0.6 is 11.6 Å². The summed E-state index contributed by atoms with van der Waals surface area (Å²) in [5, 5.41) is 0.601. The summed E-state index contributed by atoms with van der Waals surface area (Å²) in [4.78, 5) is 19.6. The molecule has 0 spiro atoms. The highest BCUT2D eigenvalue weighted by atomic mass is 35.5. The molecule has 5 rings (SSSR count). The Morgan fingerprint density at radius 1 is 0.933 bits per heavy atom. The molecular formula is C25H22ClN3O. The first kappa shape index (κ1) is 18.9. The number of para-hydroxylation sites is 3. The van der Waals surface area contributed by atoms with Gasteiger partial charge in [0.25, 0.3) is 0 Å². The number of imidazole rings is 1. The lowest BCUT2D eigenvalue weighted by Crippen LogP contribution is -2.24. The van der Waals surface area contributed by atoms with Gasteiger partial charge < -0.3 is 9.47 Å². The van der Waals surface area contributed by atoms with E-state index >= 15 is 0 Å². The number of amides is 1. The van der Waals surface area contributed by atoms with Gasteiger partial charge >= 0.3 is 0 Å². The second-order valence-corrected chi connectivity index (χ2v) is 8.11. The van der Waals surface area contributed by atoms with Gasteiger partial charge in [-0.25, -0.2) is 4.98 Å². The number of nitrogens with zero attached hydrogens (tertiary/aromatic N) is 3. The van der Waals surface area contributed by atoms with Crippen molar-refractivity contribution in [2.45, 2.75) is 25.3 Å². The summed E-state index contributed by atoms with van der Waals surface area (Å²) in [5.41, 5.74) is 4.16. The van der Waals surface area contributed by atoms with Gasteiger partial charge in [0.2, 0.25) is 5.91 Å². The van der Waals surface area contributed by atoms with E-state index in [1.165, 1.54) is 5.56 Å². The van der Waals surface area contributed by atoms with E-state index in [4.69, 9.17) is 16.6 Å². The number of benzene rings is 3. The molecule has 0 bridgehead atoms. The van der Waals surface area contributed by atoms with Crippen LogP contribution < -0.4 is 4.90 Å². The third-order valence-corrected chi connectivity index (χ3v) is 6.10. The number of fused-ring (bicyclic) bond motifs is 1. The lowest BCUT2D eigenvalue weighted by atomic mass is 10.1. The number of hydrogen-bond acceptors (Lipinski definition) is 2. The highest BCUT2D eigenvalue weighted by Gasteiger charge is 2.35. The van der Waals surface area contributed by atoms with Gasteiger partial charge in [0.1, 0.15) is 5.82 Å². The van der Waals surface area contributed by atoms with Gasteiger partial charge in [-0.15, -0.1) is 0 Å². The highest BCUT2D eigenvalue weighted by Crippen LogP contribution is 2.36. The molecule has 150 valence electrons. The summed E-state index contributed by atoms with van der Waals surface area (Å²) in [5.74, 6) is 1.11. The molecule has 0 radical (unpaired) electrons. The van der Waals surface area contributed by atoms with Crippen molar-refractivity contribution in [2.75, 3.05) is 11.4 Å². The normalized spacial score (nSPS) is 16.5.